The molecule has 1 heterocycles. The number of rotatable bonds is 3. The summed E-state index contributed by atoms with van der Waals surface area (Å²) in [6.45, 7) is 1.85. The van der Waals surface area contributed by atoms with Crippen molar-refractivity contribution in [2.45, 2.75) is 38.7 Å². The van der Waals surface area contributed by atoms with E-state index in [9.17, 15) is 4.79 Å². The zero-order chi connectivity index (χ0) is 11.5. The summed E-state index contributed by atoms with van der Waals surface area (Å²) in [5, 5.41) is 8.95. The molecule has 2 rings (SSSR count). The van der Waals surface area contributed by atoms with Crippen LogP contribution in [0.2, 0.25) is 0 Å². The van der Waals surface area contributed by atoms with Crippen molar-refractivity contribution in [1.82, 2.24) is 0 Å². The van der Waals surface area contributed by atoms with E-state index in [2.05, 4.69) is 0 Å². The van der Waals surface area contributed by atoms with Gasteiger partial charge in [-0.25, -0.2) is 0 Å². The largest absolute Gasteiger partial charge is 0.481 e. The van der Waals surface area contributed by atoms with Gasteiger partial charge in [-0.2, -0.15) is 0 Å². The molecule has 0 unspecified atom stereocenters. The molecular formula is C12H16O4. The molecule has 4 nitrogen and oxygen atoms in total. The van der Waals surface area contributed by atoms with E-state index in [1.807, 2.05) is 13.0 Å². The van der Waals surface area contributed by atoms with Crippen LogP contribution in [0, 0.1) is 12.8 Å². The van der Waals surface area contributed by atoms with Crippen LogP contribution >= 0.6 is 0 Å². The molecule has 16 heavy (non-hydrogen) atoms. The number of hydrogen-bond donors (Lipinski definition) is 1. The molecule has 0 amide bonds. The second-order valence-electron chi connectivity index (χ2n) is 4.31. The van der Waals surface area contributed by atoms with Crippen LogP contribution in [0.15, 0.2) is 16.5 Å². The van der Waals surface area contributed by atoms with E-state index in [4.69, 9.17) is 14.3 Å². The van der Waals surface area contributed by atoms with E-state index in [1.165, 1.54) is 0 Å². The summed E-state index contributed by atoms with van der Waals surface area (Å²) in [6, 6.07) is 3.62. The number of carbonyl (C=O) groups is 1. The van der Waals surface area contributed by atoms with Crippen molar-refractivity contribution in [2.24, 2.45) is 5.92 Å². The predicted molar refractivity (Wildman–Crippen MR) is 57.5 cm³/mol. The Hall–Kier alpha value is -1.45. The van der Waals surface area contributed by atoms with E-state index < -0.39 is 5.97 Å². The number of hydrogen-bond acceptors (Lipinski definition) is 3. The van der Waals surface area contributed by atoms with Gasteiger partial charge in [0.05, 0.1) is 5.92 Å². The average molecular weight is 224 g/mol. The number of furan rings is 1. The van der Waals surface area contributed by atoms with Gasteiger partial charge in [0, 0.05) is 6.07 Å². The van der Waals surface area contributed by atoms with E-state index in [0.29, 0.717) is 12.4 Å². The molecule has 0 radical (unpaired) electrons. The van der Waals surface area contributed by atoms with Crippen molar-refractivity contribution in [1.29, 1.82) is 0 Å². The van der Waals surface area contributed by atoms with E-state index in [0.717, 1.165) is 25.0 Å². The van der Waals surface area contributed by atoms with Crippen molar-refractivity contribution in [2.75, 3.05) is 0 Å². The monoisotopic (exact) mass is 224 g/mol. The normalized spacial score (nSPS) is 25.3. The van der Waals surface area contributed by atoms with Crippen LogP contribution in [0.5, 0.6) is 5.95 Å². The Bertz CT molecular complexity index is 369. The molecule has 0 saturated heterocycles. The summed E-state index contributed by atoms with van der Waals surface area (Å²) in [5.41, 5.74) is 0. The third-order valence-corrected chi connectivity index (χ3v) is 2.97. The molecule has 4 heteroatoms. The number of ether oxygens (including phenoxy) is 1. The molecule has 88 valence electrons. The molecule has 0 spiro atoms. The molecule has 1 N–H and O–H groups in total. The fourth-order valence-corrected chi connectivity index (χ4v) is 2.12. The van der Waals surface area contributed by atoms with E-state index in [-0.39, 0.29) is 12.0 Å². The Labute approximate surface area is 94.2 Å². The Morgan fingerprint density at radius 1 is 1.50 bits per heavy atom. The molecule has 2 atom stereocenters. The molecule has 0 aliphatic heterocycles. The maximum absolute atomic E-state index is 10.9. The van der Waals surface area contributed by atoms with Crippen LogP contribution < -0.4 is 4.74 Å². The number of aliphatic carboxylic acids is 1. The maximum Gasteiger partial charge on any atom is 0.306 e. The zero-order valence-electron chi connectivity index (χ0n) is 9.31. The predicted octanol–water partition coefficient (Wildman–Crippen LogP) is 2.61. The highest BCUT2D eigenvalue weighted by Gasteiger charge is 2.28. The van der Waals surface area contributed by atoms with Gasteiger partial charge in [0.25, 0.3) is 5.95 Å². The van der Waals surface area contributed by atoms with Gasteiger partial charge in [-0.15, -0.1) is 0 Å². The quantitative estimate of drug-likeness (QED) is 0.857. The lowest BCUT2D eigenvalue weighted by Crippen LogP contribution is -2.29. The topological polar surface area (TPSA) is 59.7 Å². The molecule has 1 aliphatic rings. The standard InChI is InChI=1S/C12H16O4/c1-8-5-6-11(15-8)16-10-4-2-3-9(7-10)12(13)14/h5-6,9-10H,2-4,7H2,1H3,(H,13,14)/t9-,10-/m0/s1. The summed E-state index contributed by atoms with van der Waals surface area (Å²) in [7, 11) is 0. The minimum absolute atomic E-state index is 0.0274. The number of carboxylic acids is 1. The third kappa shape index (κ3) is 2.56. The SMILES string of the molecule is Cc1ccc(O[C@H]2CCC[C@H](C(=O)O)C2)o1. The summed E-state index contributed by atoms with van der Waals surface area (Å²) < 4.78 is 10.9. The van der Waals surface area contributed by atoms with Crippen LogP contribution in [-0.4, -0.2) is 17.2 Å². The zero-order valence-corrected chi connectivity index (χ0v) is 9.31. The van der Waals surface area contributed by atoms with Crippen LogP contribution in [0.4, 0.5) is 0 Å². The van der Waals surface area contributed by atoms with E-state index in [1.54, 1.807) is 6.07 Å². The minimum atomic E-state index is -0.719. The Morgan fingerprint density at radius 2 is 2.31 bits per heavy atom. The van der Waals surface area contributed by atoms with Crippen molar-refractivity contribution < 1.29 is 19.1 Å². The van der Waals surface area contributed by atoms with Crippen LogP contribution in [-0.2, 0) is 4.79 Å². The van der Waals surface area contributed by atoms with Gasteiger partial charge < -0.3 is 14.3 Å². The molecule has 0 bridgehead atoms. The van der Waals surface area contributed by atoms with Crippen LogP contribution in [0.3, 0.4) is 0 Å². The number of aryl methyl sites for hydroxylation is 1. The van der Waals surface area contributed by atoms with Crippen LogP contribution in [0.25, 0.3) is 0 Å². The van der Waals surface area contributed by atoms with E-state index >= 15 is 0 Å². The summed E-state index contributed by atoms with van der Waals surface area (Å²) in [5.74, 6) is 0.313. The van der Waals surface area contributed by atoms with Gasteiger partial charge in [0.2, 0.25) is 0 Å². The van der Waals surface area contributed by atoms with Crippen LogP contribution in [0.1, 0.15) is 31.4 Å². The third-order valence-electron chi connectivity index (χ3n) is 2.97. The van der Waals surface area contributed by atoms with Gasteiger partial charge in [-0.1, -0.05) is 0 Å². The van der Waals surface area contributed by atoms with Gasteiger partial charge >= 0.3 is 5.97 Å². The molecule has 1 aliphatic carbocycles. The maximum atomic E-state index is 10.9. The first-order valence-corrected chi connectivity index (χ1v) is 5.61. The fraction of sp³-hybridized carbons (Fsp3) is 0.583. The smallest absolute Gasteiger partial charge is 0.306 e. The second-order valence-corrected chi connectivity index (χ2v) is 4.31. The van der Waals surface area contributed by atoms with Crippen molar-refractivity contribution in [3.05, 3.63) is 17.9 Å². The van der Waals surface area contributed by atoms with Gasteiger partial charge in [0.1, 0.15) is 11.9 Å². The first-order valence-electron chi connectivity index (χ1n) is 5.61. The lowest BCUT2D eigenvalue weighted by molar-refractivity contribution is -0.144. The Morgan fingerprint density at radius 3 is 2.94 bits per heavy atom. The first kappa shape index (κ1) is 11.0. The van der Waals surface area contributed by atoms with Gasteiger partial charge in [-0.3, -0.25) is 4.79 Å². The molecule has 0 aromatic carbocycles. The fourth-order valence-electron chi connectivity index (χ4n) is 2.12. The Kier molecular flexibility index (Phi) is 3.17. The lowest BCUT2D eigenvalue weighted by atomic mass is 9.87. The highest BCUT2D eigenvalue weighted by molar-refractivity contribution is 5.70. The van der Waals surface area contributed by atoms with Gasteiger partial charge in [-0.05, 0) is 38.7 Å². The second kappa shape index (κ2) is 4.60. The number of carboxylic acid groups (broad SMARTS) is 1. The van der Waals surface area contributed by atoms with Crippen molar-refractivity contribution in [3.63, 3.8) is 0 Å². The molecular weight excluding hydrogens is 208 g/mol. The summed E-state index contributed by atoms with van der Waals surface area (Å²) in [6.07, 6.45) is 3.12. The minimum Gasteiger partial charge on any atom is -0.481 e. The summed E-state index contributed by atoms with van der Waals surface area (Å²) >= 11 is 0. The summed E-state index contributed by atoms with van der Waals surface area (Å²) in [4.78, 5) is 10.9. The average Bonchev–Trinajstić information content (AvgIpc) is 2.64. The molecule has 1 saturated carbocycles. The molecule has 1 fully saturated rings. The highest BCUT2D eigenvalue weighted by Crippen LogP contribution is 2.28. The Balaban J connectivity index is 1.92. The van der Waals surface area contributed by atoms with Gasteiger partial charge in [0.15, 0.2) is 0 Å². The molecule has 1 aromatic rings. The molecule has 1 aromatic heterocycles. The first-order chi connectivity index (χ1) is 7.65. The highest BCUT2D eigenvalue weighted by atomic mass is 16.6. The van der Waals surface area contributed by atoms with Crippen molar-refractivity contribution in [3.8, 4) is 5.95 Å². The lowest BCUT2D eigenvalue weighted by Gasteiger charge is -2.26. The van der Waals surface area contributed by atoms with Crippen molar-refractivity contribution >= 4 is 5.97 Å².